The van der Waals surface area contributed by atoms with Gasteiger partial charge >= 0.3 is 0 Å². The van der Waals surface area contributed by atoms with Gasteiger partial charge in [0.15, 0.2) is 0 Å². The summed E-state index contributed by atoms with van der Waals surface area (Å²) in [4.78, 5) is 12.9. The first-order chi connectivity index (χ1) is 9.15. The van der Waals surface area contributed by atoms with Crippen LogP contribution in [0.1, 0.15) is 16.7 Å². The van der Waals surface area contributed by atoms with Crippen molar-refractivity contribution in [2.75, 3.05) is 26.7 Å². The molecule has 0 spiro atoms. The van der Waals surface area contributed by atoms with Crippen molar-refractivity contribution in [1.82, 2.24) is 10.2 Å². The maximum atomic E-state index is 10.7. The standard InChI is InChI=1S/C15H20N2O2/c1-11-12(2)15(19-3)5-4-13(11)8-17-7-6-16-14(9-17)10-18/h4-5,16H,6-9H2,1-3H3. The summed E-state index contributed by atoms with van der Waals surface area (Å²) in [5.41, 5.74) is 4.37. The van der Waals surface area contributed by atoms with Crippen LogP contribution in [0.3, 0.4) is 0 Å². The molecule has 0 unspecified atom stereocenters. The number of methoxy groups -OCH3 is 1. The Morgan fingerprint density at radius 1 is 1.37 bits per heavy atom. The zero-order chi connectivity index (χ0) is 13.8. The number of benzene rings is 1. The van der Waals surface area contributed by atoms with Crippen LogP contribution < -0.4 is 10.1 Å². The molecule has 0 radical (unpaired) electrons. The minimum absolute atomic E-state index is 0.647. The summed E-state index contributed by atoms with van der Waals surface area (Å²) in [5, 5.41) is 3.06. The van der Waals surface area contributed by atoms with Gasteiger partial charge in [0.05, 0.1) is 7.11 Å². The summed E-state index contributed by atoms with van der Waals surface area (Å²) in [6.45, 7) is 7.43. The van der Waals surface area contributed by atoms with E-state index in [2.05, 4.69) is 30.1 Å². The van der Waals surface area contributed by atoms with E-state index in [0.29, 0.717) is 12.2 Å². The first-order valence-corrected chi connectivity index (χ1v) is 6.49. The van der Waals surface area contributed by atoms with Crippen LogP contribution in [0.25, 0.3) is 0 Å². The summed E-state index contributed by atoms with van der Waals surface area (Å²) in [6, 6.07) is 4.11. The highest BCUT2D eigenvalue weighted by atomic mass is 16.5. The van der Waals surface area contributed by atoms with Gasteiger partial charge in [-0.3, -0.25) is 4.90 Å². The molecule has 0 amide bonds. The topological polar surface area (TPSA) is 41.6 Å². The van der Waals surface area contributed by atoms with Crippen molar-refractivity contribution < 1.29 is 9.53 Å². The van der Waals surface area contributed by atoms with Crippen LogP contribution >= 0.6 is 0 Å². The molecule has 1 saturated heterocycles. The Kier molecular flexibility index (Phi) is 4.25. The van der Waals surface area contributed by atoms with Gasteiger partial charge in [-0.05, 0) is 36.6 Å². The molecule has 0 aliphatic carbocycles. The minimum Gasteiger partial charge on any atom is -0.496 e. The Bertz CT molecular complexity index is 519. The average Bonchev–Trinajstić information content (AvgIpc) is 2.44. The van der Waals surface area contributed by atoms with E-state index in [1.54, 1.807) is 7.11 Å². The van der Waals surface area contributed by atoms with E-state index in [4.69, 9.17) is 4.74 Å². The smallest absolute Gasteiger partial charge is 0.146 e. The zero-order valence-corrected chi connectivity index (χ0v) is 11.7. The van der Waals surface area contributed by atoms with E-state index in [1.165, 1.54) is 16.7 Å². The summed E-state index contributed by atoms with van der Waals surface area (Å²) < 4.78 is 5.33. The molecule has 1 aliphatic rings. The fourth-order valence-electron chi connectivity index (χ4n) is 2.41. The molecule has 0 atom stereocenters. The molecule has 0 saturated carbocycles. The number of rotatable bonds is 3. The molecular weight excluding hydrogens is 240 g/mol. The van der Waals surface area contributed by atoms with Gasteiger partial charge < -0.3 is 10.1 Å². The highest BCUT2D eigenvalue weighted by molar-refractivity contribution is 5.52. The number of nitrogens with one attached hydrogen (secondary N) is 1. The minimum atomic E-state index is 0.647. The Morgan fingerprint density at radius 2 is 2.16 bits per heavy atom. The molecule has 1 aromatic carbocycles. The number of ether oxygens (including phenoxy) is 1. The van der Waals surface area contributed by atoms with Crippen LogP contribution in [0.4, 0.5) is 0 Å². The second kappa shape index (κ2) is 5.91. The van der Waals surface area contributed by atoms with Crippen molar-refractivity contribution in [3.05, 3.63) is 34.5 Å². The molecule has 4 heteroatoms. The first-order valence-electron chi connectivity index (χ1n) is 6.49. The molecule has 1 aliphatic heterocycles. The number of piperazine rings is 1. The monoisotopic (exact) mass is 260 g/mol. The third-order valence-corrected chi connectivity index (χ3v) is 3.73. The van der Waals surface area contributed by atoms with E-state index in [1.807, 2.05) is 12.0 Å². The van der Waals surface area contributed by atoms with Gasteiger partial charge in [0.25, 0.3) is 0 Å². The quantitative estimate of drug-likeness (QED) is 0.835. The SMILES string of the molecule is COc1ccc(CN2CCNC(=C=O)C2)c(C)c1C. The van der Waals surface area contributed by atoms with Gasteiger partial charge in [0, 0.05) is 26.2 Å². The molecule has 0 bridgehead atoms. The van der Waals surface area contributed by atoms with Crippen LogP contribution in [-0.2, 0) is 11.3 Å². The lowest BCUT2D eigenvalue weighted by molar-refractivity contribution is 0.259. The van der Waals surface area contributed by atoms with Crippen molar-refractivity contribution >= 4 is 5.94 Å². The second-order valence-corrected chi connectivity index (χ2v) is 4.89. The molecule has 1 N–H and O–H groups in total. The predicted octanol–water partition coefficient (Wildman–Crippen LogP) is 1.43. The third kappa shape index (κ3) is 2.98. The number of hydrogen-bond acceptors (Lipinski definition) is 4. The van der Waals surface area contributed by atoms with Crippen LogP contribution in [0, 0.1) is 13.8 Å². The zero-order valence-electron chi connectivity index (χ0n) is 11.7. The molecule has 19 heavy (non-hydrogen) atoms. The van der Waals surface area contributed by atoms with Gasteiger partial charge in [0.1, 0.15) is 17.4 Å². The molecule has 0 aromatic heterocycles. The Labute approximate surface area is 114 Å². The number of carbonyl (C=O) groups excluding carboxylic acids is 1. The molecule has 102 valence electrons. The molecule has 2 rings (SSSR count). The first kappa shape index (κ1) is 13.7. The Balaban J connectivity index is 2.15. The van der Waals surface area contributed by atoms with E-state index >= 15 is 0 Å². The molecule has 1 aromatic rings. The average molecular weight is 260 g/mol. The summed E-state index contributed by atoms with van der Waals surface area (Å²) >= 11 is 0. The number of nitrogens with zero attached hydrogens (tertiary/aromatic N) is 1. The predicted molar refractivity (Wildman–Crippen MR) is 75.0 cm³/mol. The highest BCUT2D eigenvalue weighted by Gasteiger charge is 2.16. The second-order valence-electron chi connectivity index (χ2n) is 4.89. The normalized spacial score (nSPS) is 15.8. The number of hydrogen-bond donors (Lipinski definition) is 1. The van der Waals surface area contributed by atoms with Crippen LogP contribution in [0.2, 0.25) is 0 Å². The van der Waals surface area contributed by atoms with Gasteiger partial charge in [-0.1, -0.05) is 6.07 Å². The van der Waals surface area contributed by atoms with Crippen LogP contribution in [0.5, 0.6) is 5.75 Å². The maximum absolute atomic E-state index is 10.7. The van der Waals surface area contributed by atoms with Gasteiger partial charge in [-0.15, -0.1) is 0 Å². The van der Waals surface area contributed by atoms with E-state index < -0.39 is 0 Å². The summed E-state index contributed by atoms with van der Waals surface area (Å²) in [6.07, 6.45) is 0. The lowest BCUT2D eigenvalue weighted by atomic mass is 10.0. The van der Waals surface area contributed by atoms with E-state index in [0.717, 1.165) is 25.4 Å². The van der Waals surface area contributed by atoms with Crippen LogP contribution in [-0.4, -0.2) is 37.6 Å². The van der Waals surface area contributed by atoms with Gasteiger partial charge in [-0.25, -0.2) is 4.79 Å². The van der Waals surface area contributed by atoms with E-state index in [-0.39, 0.29) is 0 Å². The highest BCUT2D eigenvalue weighted by Crippen LogP contribution is 2.25. The largest absolute Gasteiger partial charge is 0.496 e. The van der Waals surface area contributed by atoms with Gasteiger partial charge in [0.2, 0.25) is 0 Å². The lowest BCUT2D eigenvalue weighted by Crippen LogP contribution is -2.41. The third-order valence-electron chi connectivity index (χ3n) is 3.73. The summed E-state index contributed by atoms with van der Waals surface area (Å²) in [5.74, 6) is 2.88. The van der Waals surface area contributed by atoms with Crippen LogP contribution in [0.15, 0.2) is 17.8 Å². The fourth-order valence-corrected chi connectivity index (χ4v) is 2.41. The summed E-state index contributed by atoms with van der Waals surface area (Å²) in [7, 11) is 1.69. The Hall–Kier alpha value is -1.77. The van der Waals surface area contributed by atoms with Crippen molar-refractivity contribution in [2.24, 2.45) is 0 Å². The Morgan fingerprint density at radius 3 is 2.84 bits per heavy atom. The molecule has 1 heterocycles. The van der Waals surface area contributed by atoms with Crippen molar-refractivity contribution in [3.63, 3.8) is 0 Å². The molecule has 1 fully saturated rings. The lowest BCUT2D eigenvalue weighted by Gasteiger charge is -2.28. The molecule has 4 nitrogen and oxygen atoms in total. The fraction of sp³-hybridized carbons (Fsp3) is 0.467. The molecular formula is C15H20N2O2. The van der Waals surface area contributed by atoms with Crippen molar-refractivity contribution in [1.29, 1.82) is 0 Å². The maximum Gasteiger partial charge on any atom is 0.146 e. The van der Waals surface area contributed by atoms with Crippen molar-refractivity contribution in [3.8, 4) is 5.75 Å². The van der Waals surface area contributed by atoms with Crippen molar-refractivity contribution in [2.45, 2.75) is 20.4 Å². The van der Waals surface area contributed by atoms with E-state index in [9.17, 15) is 4.79 Å². The van der Waals surface area contributed by atoms with Gasteiger partial charge in [-0.2, -0.15) is 0 Å².